The van der Waals surface area contributed by atoms with Crippen LogP contribution in [0.2, 0.25) is 0 Å². The minimum Gasteiger partial charge on any atom is -0.497 e. The van der Waals surface area contributed by atoms with Crippen LogP contribution in [0.25, 0.3) is 0 Å². The fraction of sp³-hybridized carbons (Fsp3) is 0.385. The maximum Gasteiger partial charge on any atom is 0.246 e. The molecule has 0 spiro atoms. The van der Waals surface area contributed by atoms with Crippen LogP contribution in [0.5, 0.6) is 5.75 Å². The number of amides is 2. The number of halogens is 1. The van der Waals surface area contributed by atoms with Crippen LogP contribution in [0, 0.1) is 0 Å². The van der Waals surface area contributed by atoms with Gasteiger partial charge in [-0.05, 0) is 24.1 Å². The summed E-state index contributed by atoms with van der Waals surface area (Å²) in [7, 11) is 1.59. The van der Waals surface area contributed by atoms with Gasteiger partial charge in [-0.25, -0.2) is 0 Å². The van der Waals surface area contributed by atoms with Gasteiger partial charge in [-0.1, -0.05) is 12.1 Å². The van der Waals surface area contributed by atoms with Crippen LogP contribution in [0.15, 0.2) is 24.3 Å². The van der Waals surface area contributed by atoms with Gasteiger partial charge in [-0.3, -0.25) is 14.5 Å². The molecule has 0 bridgehead atoms. The van der Waals surface area contributed by atoms with E-state index in [0.29, 0.717) is 12.8 Å². The smallest absolute Gasteiger partial charge is 0.246 e. The Morgan fingerprint density at radius 2 is 1.95 bits per heavy atom. The van der Waals surface area contributed by atoms with Crippen molar-refractivity contribution in [1.29, 1.82) is 0 Å². The molecule has 6 heteroatoms. The van der Waals surface area contributed by atoms with Gasteiger partial charge >= 0.3 is 0 Å². The van der Waals surface area contributed by atoms with E-state index in [1.165, 1.54) is 4.90 Å². The SMILES string of the molecule is COc1ccc(CN2C(=O)CCC(N)C2=O)cc1.Cl. The number of nitrogens with two attached hydrogens (primary N) is 1. The van der Waals surface area contributed by atoms with Gasteiger partial charge < -0.3 is 10.5 Å². The molecule has 2 amide bonds. The number of carbonyl (C=O) groups excluding carboxylic acids is 2. The van der Waals surface area contributed by atoms with Crippen LogP contribution in [0.1, 0.15) is 18.4 Å². The van der Waals surface area contributed by atoms with Crippen LogP contribution in [-0.2, 0) is 16.1 Å². The predicted octanol–water partition coefficient (Wildman–Crippen LogP) is 1.09. The highest BCUT2D eigenvalue weighted by Gasteiger charge is 2.31. The predicted molar refractivity (Wildman–Crippen MR) is 73.0 cm³/mol. The summed E-state index contributed by atoms with van der Waals surface area (Å²) in [4.78, 5) is 24.8. The molecule has 1 aromatic rings. The quantitative estimate of drug-likeness (QED) is 0.844. The zero-order chi connectivity index (χ0) is 13.1. The maximum atomic E-state index is 11.8. The van der Waals surface area contributed by atoms with Crippen molar-refractivity contribution in [1.82, 2.24) is 4.90 Å². The number of ether oxygens (including phenoxy) is 1. The van der Waals surface area contributed by atoms with Gasteiger partial charge in [0.15, 0.2) is 0 Å². The number of nitrogens with zero attached hydrogens (tertiary/aromatic N) is 1. The van der Waals surface area contributed by atoms with Gasteiger partial charge in [0.1, 0.15) is 5.75 Å². The summed E-state index contributed by atoms with van der Waals surface area (Å²) in [6, 6.07) is 6.71. The first-order chi connectivity index (χ1) is 8.61. The lowest BCUT2D eigenvalue weighted by Crippen LogP contribution is -2.50. The summed E-state index contributed by atoms with van der Waals surface area (Å²) in [5.41, 5.74) is 6.55. The van der Waals surface area contributed by atoms with Crippen molar-refractivity contribution in [3.8, 4) is 5.75 Å². The van der Waals surface area contributed by atoms with Crippen LogP contribution in [-0.4, -0.2) is 29.9 Å². The van der Waals surface area contributed by atoms with Crippen molar-refractivity contribution in [2.45, 2.75) is 25.4 Å². The first-order valence-corrected chi connectivity index (χ1v) is 5.84. The summed E-state index contributed by atoms with van der Waals surface area (Å²) in [6.07, 6.45) is 0.778. The molecule has 1 heterocycles. The standard InChI is InChI=1S/C13H16N2O3.ClH/c1-18-10-4-2-9(3-5-10)8-15-12(16)7-6-11(14)13(15)17;/h2-5,11H,6-8,14H2,1H3;1H. The van der Waals surface area contributed by atoms with Crippen molar-refractivity contribution in [2.24, 2.45) is 5.73 Å². The van der Waals surface area contributed by atoms with Gasteiger partial charge in [0.05, 0.1) is 19.7 Å². The molecular weight excluding hydrogens is 268 g/mol. The fourth-order valence-corrected chi connectivity index (χ4v) is 1.94. The van der Waals surface area contributed by atoms with E-state index in [1.54, 1.807) is 19.2 Å². The van der Waals surface area contributed by atoms with E-state index in [4.69, 9.17) is 10.5 Å². The van der Waals surface area contributed by atoms with Gasteiger partial charge in [-0.2, -0.15) is 0 Å². The Labute approximate surface area is 118 Å². The first kappa shape index (κ1) is 15.5. The lowest BCUT2D eigenvalue weighted by atomic mass is 10.0. The third kappa shape index (κ3) is 3.45. The average Bonchev–Trinajstić information content (AvgIpc) is 2.40. The fourth-order valence-electron chi connectivity index (χ4n) is 1.94. The zero-order valence-electron chi connectivity index (χ0n) is 10.7. The molecule has 0 saturated carbocycles. The number of hydrogen-bond donors (Lipinski definition) is 1. The van der Waals surface area contributed by atoms with E-state index < -0.39 is 6.04 Å². The minimum absolute atomic E-state index is 0. The molecule has 0 aromatic heterocycles. The Morgan fingerprint density at radius 3 is 2.53 bits per heavy atom. The molecule has 104 valence electrons. The van der Waals surface area contributed by atoms with E-state index in [9.17, 15) is 9.59 Å². The third-order valence-electron chi connectivity index (χ3n) is 3.05. The molecule has 1 saturated heterocycles. The molecule has 1 aliphatic rings. The van der Waals surface area contributed by atoms with E-state index in [-0.39, 0.29) is 30.8 Å². The number of carbonyl (C=O) groups is 2. The Hall–Kier alpha value is -1.59. The van der Waals surface area contributed by atoms with E-state index in [1.807, 2.05) is 12.1 Å². The second-order valence-corrected chi connectivity index (χ2v) is 4.31. The molecule has 2 N–H and O–H groups in total. The Morgan fingerprint density at radius 1 is 1.32 bits per heavy atom. The number of hydrogen-bond acceptors (Lipinski definition) is 4. The summed E-state index contributed by atoms with van der Waals surface area (Å²) in [5, 5.41) is 0. The summed E-state index contributed by atoms with van der Waals surface area (Å²) < 4.78 is 5.05. The van der Waals surface area contributed by atoms with Crippen molar-refractivity contribution < 1.29 is 14.3 Å². The minimum atomic E-state index is -0.555. The van der Waals surface area contributed by atoms with Crippen molar-refractivity contribution in [3.05, 3.63) is 29.8 Å². The van der Waals surface area contributed by atoms with Crippen LogP contribution < -0.4 is 10.5 Å². The normalized spacial score (nSPS) is 19.1. The molecule has 1 atom stereocenters. The van der Waals surface area contributed by atoms with Crippen LogP contribution in [0.3, 0.4) is 0 Å². The summed E-state index contributed by atoms with van der Waals surface area (Å²) >= 11 is 0. The number of benzene rings is 1. The molecule has 5 nitrogen and oxygen atoms in total. The molecule has 19 heavy (non-hydrogen) atoms. The van der Waals surface area contributed by atoms with E-state index in [0.717, 1.165) is 11.3 Å². The van der Waals surface area contributed by atoms with Crippen LogP contribution >= 0.6 is 12.4 Å². The highest BCUT2D eigenvalue weighted by molar-refractivity contribution is 6.00. The van der Waals surface area contributed by atoms with Crippen molar-refractivity contribution in [3.63, 3.8) is 0 Å². The molecule has 0 radical (unpaired) electrons. The monoisotopic (exact) mass is 284 g/mol. The van der Waals surface area contributed by atoms with Gasteiger partial charge in [0.25, 0.3) is 0 Å². The van der Waals surface area contributed by atoms with E-state index in [2.05, 4.69) is 0 Å². The lowest BCUT2D eigenvalue weighted by molar-refractivity contribution is -0.149. The molecule has 2 rings (SSSR count). The second-order valence-electron chi connectivity index (χ2n) is 4.31. The molecule has 1 aromatic carbocycles. The molecular formula is C13H17ClN2O3. The Bertz CT molecular complexity index is 461. The number of methoxy groups -OCH3 is 1. The van der Waals surface area contributed by atoms with Gasteiger partial charge in [-0.15, -0.1) is 12.4 Å². The highest BCUT2D eigenvalue weighted by atomic mass is 35.5. The number of likely N-dealkylation sites (tertiary alicyclic amines) is 1. The van der Waals surface area contributed by atoms with Crippen molar-refractivity contribution >= 4 is 24.2 Å². The zero-order valence-corrected chi connectivity index (χ0v) is 11.5. The highest BCUT2D eigenvalue weighted by Crippen LogP contribution is 2.17. The second kappa shape index (κ2) is 6.54. The Kier molecular flexibility index (Phi) is 5.32. The van der Waals surface area contributed by atoms with Crippen molar-refractivity contribution in [2.75, 3.05) is 7.11 Å². The average molecular weight is 285 g/mol. The lowest BCUT2D eigenvalue weighted by Gasteiger charge is -2.28. The first-order valence-electron chi connectivity index (χ1n) is 5.84. The molecule has 1 aliphatic heterocycles. The summed E-state index contributed by atoms with van der Waals surface area (Å²) in [5.74, 6) is 0.298. The third-order valence-corrected chi connectivity index (χ3v) is 3.05. The number of rotatable bonds is 3. The van der Waals surface area contributed by atoms with Gasteiger partial charge in [0, 0.05) is 6.42 Å². The van der Waals surface area contributed by atoms with Crippen LogP contribution in [0.4, 0.5) is 0 Å². The molecule has 0 aliphatic carbocycles. The number of imide groups is 1. The molecule has 1 unspecified atom stereocenters. The largest absolute Gasteiger partial charge is 0.497 e. The number of piperidine rings is 1. The maximum absolute atomic E-state index is 11.8. The van der Waals surface area contributed by atoms with Gasteiger partial charge in [0.2, 0.25) is 11.8 Å². The Balaban J connectivity index is 0.00000180. The van der Waals surface area contributed by atoms with E-state index >= 15 is 0 Å². The molecule has 1 fully saturated rings. The summed E-state index contributed by atoms with van der Waals surface area (Å²) in [6.45, 7) is 0.273. The topological polar surface area (TPSA) is 72.6 Å².